The molecule has 1 heterocycles. The van der Waals surface area contributed by atoms with Gasteiger partial charge in [0.15, 0.2) is 0 Å². The molecule has 4 rings (SSSR count). The van der Waals surface area contributed by atoms with Crippen LogP contribution in [-0.4, -0.2) is 36.5 Å². The summed E-state index contributed by atoms with van der Waals surface area (Å²) in [5.74, 6) is 0.320. The molecular formula is C27H36FN3O. The van der Waals surface area contributed by atoms with Gasteiger partial charge in [-0.3, -0.25) is 9.69 Å². The molecule has 5 heteroatoms. The van der Waals surface area contributed by atoms with Crippen molar-refractivity contribution in [2.24, 2.45) is 17.6 Å². The Hall–Kier alpha value is -2.24. The van der Waals surface area contributed by atoms with Gasteiger partial charge in [0.1, 0.15) is 5.82 Å². The Labute approximate surface area is 191 Å². The van der Waals surface area contributed by atoms with E-state index < -0.39 is 0 Å². The first-order chi connectivity index (χ1) is 15.5. The van der Waals surface area contributed by atoms with E-state index in [-0.39, 0.29) is 29.1 Å². The average molecular weight is 438 g/mol. The van der Waals surface area contributed by atoms with Crippen molar-refractivity contribution in [2.75, 3.05) is 19.6 Å². The van der Waals surface area contributed by atoms with Crippen LogP contribution in [0.4, 0.5) is 4.39 Å². The molecule has 172 valence electrons. The van der Waals surface area contributed by atoms with E-state index >= 15 is 0 Å². The highest BCUT2D eigenvalue weighted by atomic mass is 19.1. The van der Waals surface area contributed by atoms with Gasteiger partial charge < -0.3 is 11.1 Å². The zero-order chi connectivity index (χ0) is 22.6. The van der Waals surface area contributed by atoms with Gasteiger partial charge in [0.05, 0.1) is 0 Å². The molecule has 32 heavy (non-hydrogen) atoms. The molecule has 0 unspecified atom stereocenters. The first-order valence-electron chi connectivity index (χ1n) is 12.0. The molecule has 4 nitrogen and oxygen atoms in total. The molecule has 1 aliphatic heterocycles. The first kappa shape index (κ1) is 22.9. The number of nitrogens with one attached hydrogen (secondary N) is 1. The summed E-state index contributed by atoms with van der Waals surface area (Å²) in [5, 5.41) is 3.12. The molecule has 2 aliphatic rings. The van der Waals surface area contributed by atoms with E-state index in [2.05, 4.69) is 40.5 Å². The Morgan fingerprint density at radius 3 is 2.47 bits per heavy atom. The summed E-state index contributed by atoms with van der Waals surface area (Å²) >= 11 is 0. The smallest absolute Gasteiger partial charge is 0.216 e. The zero-order valence-corrected chi connectivity index (χ0v) is 19.1. The van der Waals surface area contributed by atoms with Crippen molar-refractivity contribution < 1.29 is 9.18 Å². The lowest BCUT2D eigenvalue weighted by Gasteiger charge is -2.50. The number of nitrogens with two attached hydrogens (primary N) is 1. The van der Waals surface area contributed by atoms with Gasteiger partial charge in [0.2, 0.25) is 5.91 Å². The fourth-order valence-electron chi connectivity index (χ4n) is 6.25. The number of carbonyl (C=O) groups excluding carboxylic acids is 1. The molecule has 1 saturated carbocycles. The topological polar surface area (TPSA) is 58.4 Å². The lowest BCUT2D eigenvalue weighted by Crippen LogP contribution is -2.56. The monoisotopic (exact) mass is 437 g/mol. The van der Waals surface area contributed by atoms with Crippen LogP contribution in [0.2, 0.25) is 0 Å². The summed E-state index contributed by atoms with van der Waals surface area (Å²) in [6.07, 6.45) is 5.16. The van der Waals surface area contributed by atoms with Gasteiger partial charge in [-0.1, -0.05) is 48.9 Å². The normalized spacial score (nSPS) is 24.2. The molecule has 1 aliphatic carbocycles. The molecule has 2 aromatic rings. The van der Waals surface area contributed by atoms with Crippen molar-refractivity contribution in [2.45, 2.75) is 57.0 Å². The van der Waals surface area contributed by atoms with Crippen molar-refractivity contribution in [3.05, 3.63) is 71.5 Å². The van der Waals surface area contributed by atoms with Gasteiger partial charge in [-0.15, -0.1) is 0 Å². The van der Waals surface area contributed by atoms with Crippen LogP contribution < -0.4 is 11.1 Å². The third-order valence-electron chi connectivity index (χ3n) is 7.79. The van der Waals surface area contributed by atoms with E-state index in [0.29, 0.717) is 12.5 Å². The van der Waals surface area contributed by atoms with E-state index in [4.69, 9.17) is 5.73 Å². The van der Waals surface area contributed by atoms with Crippen LogP contribution in [0.1, 0.15) is 50.2 Å². The van der Waals surface area contributed by atoms with Crippen molar-refractivity contribution in [3.63, 3.8) is 0 Å². The molecule has 0 aromatic heterocycles. The van der Waals surface area contributed by atoms with Crippen molar-refractivity contribution in [1.29, 1.82) is 0 Å². The van der Waals surface area contributed by atoms with Gasteiger partial charge in [0.25, 0.3) is 0 Å². The molecule has 0 radical (unpaired) electrons. The lowest BCUT2D eigenvalue weighted by molar-refractivity contribution is -0.119. The minimum Gasteiger partial charge on any atom is -0.355 e. The molecule has 0 bridgehead atoms. The highest BCUT2D eigenvalue weighted by molar-refractivity contribution is 5.73. The number of halogens is 1. The minimum atomic E-state index is -0.345. The first-order valence-corrected chi connectivity index (χ1v) is 12.0. The lowest BCUT2D eigenvalue weighted by atomic mass is 9.58. The highest BCUT2D eigenvalue weighted by Crippen LogP contribution is 2.49. The van der Waals surface area contributed by atoms with Crippen LogP contribution in [0.5, 0.6) is 0 Å². The summed E-state index contributed by atoms with van der Waals surface area (Å²) in [6.45, 7) is 5.04. The van der Waals surface area contributed by atoms with Gasteiger partial charge in [-0.05, 0) is 73.9 Å². The molecule has 1 amide bonds. The van der Waals surface area contributed by atoms with Crippen LogP contribution >= 0.6 is 0 Å². The summed E-state index contributed by atoms with van der Waals surface area (Å²) in [7, 11) is 0. The second-order valence-electron chi connectivity index (χ2n) is 9.70. The Morgan fingerprint density at radius 2 is 1.84 bits per heavy atom. The van der Waals surface area contributed by atoms with Crippen LogP contribution in [0.3, 0.4) is 0 Å². The number of likely N-dealkylation sites (tertiary alicyclic amines) is 1. The molecule has 1 saturated heterocycles. The summed E-state index contributed by atoms with van der Waals surface area (Å²) in [6, 6.07) is 17.7. The van der Waals surface area contributed by atoms with Crippen LogP contribution in [0.15, 0.2) is 54.6 Å². The van der Waals surface area contributed by atoms with E-state index in [9.17, 15) is 9.18 Å². The molecule has 3 atom stereocenters. The number of benzene rings is 2. The fraction of sp³-hybridized carbons (Fsp3) is 0.519. The van der Waals surface area contributed by atoms with Crippen molar-refractivity contribution in [3.8, 4) is 0 Å². The predicted molar refractivity (Wildman–Crippen MR) is 127 cm³/mol. The molecule has 2 fully saturated rings. The van der Waals surface area contributed by atoms with Gasteiger partial charge in [0, 0.05) is 31.5 Å². The number of rotatable bonds is 7. The van der Waals surface area contributed by atoms with Crippen LogP contribution in [0, 0.1) is 17.7 Å². The summed E-state index contributed by atoms with van der Waals surface area (Å²) in [5.41, 5.74) is 8.65. The number of carbonyl (C=O) groups is 1. The maximum atomic E-state index is 14.4. The Morgan fingerprint density at radius 1 is 1.09 bits per heavy atom. The van der Waals surface area contributed by atoms with E-state index in [1.165, 1.54) is 11.6 Å². The quantitative estimate of drug-likeness (QED) is 0.681. The van der Waals surface area contributed by atoms with E-state index in [1.807, 2.05) is 6.07 Å². The number of hydrogen-bond acceptors (Lipinski definition) is 3. The van der Waals surface area contributed by atoms with Gasteiger partial charge in [-0.2, -0.15) is 0 Å². The van der Waals surface area contributed by atoms with Gasteiger partial charge in [-0.25, -0.2) is 4.39 Å². The van der Waals surface area contributed by atoms with E-state index in [0.717, 1.165) is 57.3 Å². The third kappa shape index (κ3) is 4.89. The van der Waals surface area contributed by atoms with Crippen molar-refractivity contribution >= 4 is 5.91 Å². The Kier molecular flexibility index (Phi) is 7.27. The molecule has 2 aromatic carbocycles. The van der Waals surface area contributed by atoms with Crippen LogP contribution in [0.25, 0.3) is 0 Å². The summed E-state index contributed by atoms with van der Waals surface area (Å²) in [4.78, 5) is 14.5. The largest absolute Gasteiger partial charge is 0.355 e. The van der Waals surface area contributed by atoms with Gasteiger partial charge >= 0.3 is 0 Å². The number of piperidine rings is 1. The molecular weight excluding hydrogens is 401 g/mol. The molecule has 0 spiro atoms. The Bertz CT molecular complexity index is 897. The second-order valence-corrected chi connectivity index (χ2v) is 9.70. The second kappa shape index (κ2) is 10.1. The maximum Gasteiger partial charge on any atom is 0.216 e. The van der Waals surface area contributed by atoms with Crippen molar-refractivity contribution in [1.82, 2.24) is 10.2 Å². The average Bonchev–Trinajstić information content (AvgIpc) is 3.22. The molecule has 3 N–H and O–H groups in total. The fourth-order valence-corrected chi connectivity index (χ4v) is 6.25. The number of amides is 1. The number of nitrogens with zero attached hydrogens (tertiary/aromatic N) is 1. The predicted octanol–water partition coefficient (Wildman–Crippen LogP) is 4.24. The third-order valence-corrected chi connectivity index (χ3v) is 7.79. The van der Waals surface area contributed by atoms with Crippen LogP contribution in [-0.2, 0) is 16.8 Å². The number of hydrogen-bond donors (Lipinski definition) is 2. The summed E-state index contributed by atoms with van der Waals surface area (Å²) < 4.78 is 14.4. The minimum absolute atomic E-state index is 0.0427. The Balaban J connectivity index is 1.63. The zero-order valence-electron chi connectivity index (χ0n) is 19.1. The van der Waals surface area contributed by atoms with E-state index in [1.54, 1.807) is 19.1 Å². The maximum absolute atomic E-state index is 14.4. The highest BCUT2D eigenvalue weighted by Gasteiger charge is 2.50. The SMILES string of the molecule is CC(=O)NC[C@@](c1cccc(F)c1)(C1CCN(Cc2ccccc2)CC1)[C@H]1CCC[C@@H]1N. The standard InChI is InChI=1S/C27H36FN3O/c1-20(32)30-19-27(25-11-6-12-26(25)29,23-9-5-10-24(28)17-23)22-13-15-31(16-14-22)18-21-7-3-2-4-8-21/h2-5,7-10,17,22,25-26H,6,11-16,18-19,29H2,1H3,(H,30,32)/t25-,26-,27-/m0/s1.